The monoisotopic (exact) mass is 551 g/mol. The number of amides is 1. The number of rotatable bonds is 8. The van der Waals surface area contributed by atoms with E-state index < -0.39 is 17.7 Å². The number of Topliss-reactive ketones (excluding diaryl/α,β-unsaturated/α-hetero) is 1. The second kappa shape index (κ2) is 10.9. The van der Waals surface area contributed by atoms with Gasteiger partial charge in [0.25, 0.3) is 11.7 Å². The third-order valence-corrected chi connectivity index (χ3v) is 6.71. The predicted octanol–water partition coefficient (Wildman–Crippen LogP) is 5.14. The molecule has 0 bridgehead atoms. The van der Waals surface area contributed by atoms with E-state index in [1.807, 2.05) is 24.3 Å². The Balaban J connectivity index is 1.77. The number of methoxy groups -OCH3 is 3. The van der Waals surface area contributed by atoms with Crippen LogP contribution in [0.5, 0.6) is 17.2 Å². The van der Waals surface area contributed by atoms with Crippen LogP contribution < -0.4 is 14.2 Å². The number of benzene rings is 3. The molecule has 1 aliphatic rings. The number of ketones is 1. The number of carbonyl (C=O) groups excluding carboxylic acids is 2. The minimum atomic E-state index is -0.815. The fourth-order valence-electron chi connectivity index (χ4n) is 4.38. The van der Waals surface area contributed by atoms with Crippen LogP contribution in [0.2, 0.25) is 0 Å². The Bertz CT molecular complexity index is 1320. The van der Waals surface area contributed by atoms with Gasteiger partial charge in [-0.3, -0.25) is 9.59 Å². The van der Waals surface area contributed by atoms with Crippen molar-refractivity contribution in [2.45, 2.75) is 12.5 Å². The summed E-state index contributed by atoms with van der Waals surface area (Å²) in [6.07, 6.45) is 0.456. The molecule has 0 spiro atoms. The Morgan fingerprint density at radius 3 is 2.22 bits per heavy atom. The third-order valence-electron chi connectivity index (χ3n) is 6.18. The molecule has 0 saturated carbocycles. The first-order chi connectivity index (χ1) is 17.4. The van der Waals surface area contributed by atoms with Crippen LogP contribution in [0.15, 0.2) is 76.8 Å². The van der Waals surface area contributed by atoms with E-state index in [4.69, 9.17) is 14.2 Å². The van der Waals surface area contributed by atoms with Crippen LogP contribution in [0.4, 0.5) is 0 Å². The number of halogens is 1. The zero-order valence-corrected chi connectivity index (χ0v) is 21.7. The number of aliphatic hydroxyl groups is 1. The molecule has 0 aromatic heterocycles. The normalized spacial score (nSPS) is 16.8. The molecule has 1 heterocycles. The molecule has 4 rings (SSSR count). The Kier molecular flexibility index (Phi) is 7.64. The lowest BCUT2D eigenvalue weighted by atomic mass is 9.94. The van der Waals surface area contributed by atoms with E-state index in [0.29, 0.717) is 34.8 Å². The molecule has 3 aromatic rings. The van der Waals surface area contributed by atoms with E-state index in [1.165, 1.54) is 12.0 Å². The van der Waals surface area contributed by atoms with Crippen molar-refractivity contribution in [3.05, 3.63) is 93.5 Å². The average molecular weight is 552 g/mol. The molecule has 1 amide bonds. The largest absolute Gasteiger partial charge is 0.507 e. The van der Waals surface area contributed by atoms with Crippen molar-refractivity contribution in [3.8, 4) is 17.2 Å². The van der Waals surface area contributed by atoms with Gasteiger partial charge in [-0.25, -0.2) is 0 Å². The van der Waals surface area contributed by atoms with Crippen molar-refractivity contribution in [2.24, 2.45) is 0 Å². The number of ether oxygens (including phenoxy) is 3. The molecule has 186 valence electrons. The first kappa shape index (κ1) is 25.3. The van der Waals surface area contributed by atoms with Crippen LogP contribution in [0.1, 0.15) is 22.7 Å². The van der Waals surface area contributed by atoms with Gasteiger partial charge in [0.15, 0.2) is 11.5 Å². The standard InChI is InChI=1S/C28H26BrNO6/c1-34-21-7-5-4-6-20(21)25-24(26(31)18-9-11-19(29)12-10-18)27(32)28(33)30(25)15-14-17-8-13-22(35-2)23(16-17)36-3/h4-13,16,25,31H,14-15H2,1-3H3/t25-/m0/s1. The van der Waals surface area contributed by atoms with Gasteiger partial charge in [-0.05, 0) is 42.3 Å². The van der Waals surface area contributed by atoms with Crippen molar-refractivity contribution in [1.82, 2.24) is 4.90 Å². The van der Waals surface area contributed by atoms with Crippen LogP contribution in [0.3, 0.4) is 0 Å². The fourth-order valence-corrected chi connectivity index (χ4v) is 4.64. The Morgan fingerprint density at radius 2 is 1.56 bits per heavy atom. The predicted molar refractivity (Wildman–Crippen MR) is 139 cm³/mol. The van der Waals surface area contributed by atoms with Gasteiger partial charge < -0.3 is 24.2 Å². The Labute approximate surface area is 218 Å². The van der Waals surface area contributed by atoms with Gasteiger partial charge >= 0.3 is 0 Å². The molecule has 1 fully saturated rings. The molecule has 36 heavy (non-hydrogen) atoms. The van der Waals surface area contributed by atoms with Gasteiger partial charge in [0.05, 0.1) is 32.9 Å². The van der Waals surface area contributed by atoms with Gasteiger partial charge in [-0.15, -0.1) is 0 Å². The fraction of sp³-hybridized carbons (Fsp3) is 0.214. The highest BCUT2D eigenvalue weighted by atomic mass is 79.9. The molecule has 1 aliphatic heterocycles. The van der Waals surface area contributed by atoms with Crippen molar-refractivity contribution in [2.75, 3.05) is 27.9 Å². The summed E-state index contributed by atoms with van der Waals surface area (Å²) in [6.45, 7) is 0.236. The lowest BCUT2D eigenvalue weighted by Crippen LogP contribution is -2.31. The molecule has 1 N–H and O–H groups in total. The summed E-state index contributed by atoms with van der Waals surface area (Å²) in [5, 5.41) is 11.2. The number of carbonyl (C=O) groups is 2. The lowest BCUT2D eigenvalue weighted by molar-refractivity contribution is -0.139. The van der Waals surface area contributed by atoms with Gasteiger partial charge in [-0.2, -0.15) is 0 Å². The summed E-state index contributed by atoms with van der Waals surface area (Å²) >= 11 is 3.38. The zero-order chi connectivity index (χ0) is 25.8. The summed E-state index contributed by atoms with van der Waals surface area (Å²) in [7, 11) is 4.66. The van der Waals surface area contributed by atoms with Gasteiger partial charge in [0.1, 0.15) is 11.5 Å². The smallest absolute Gasteiger partial charge is 0.295 e. The minimum Gasteiger partial charge on any atom is -0.507 e. The number of aliphatic hydroxyl groups excluding tert-OH is 1. The quantitative estimate of drug-likeness (QED) is 0.237. The third kappa shape index (κ3) is 4.81. The van der Waals surface area contributed by atoms with Crippen LogP contribution in [0.25, 0.3) is 5.76 Å². The van der Waals surface area contributed by atoms with E-state index in [-0.39, 0.29) is 17.9 Å². The summed E-state index contributed by atoms with van der Waals surface area (Å²) in [6, 6.07) is 18.8. The molecule has 7 nitrogen and oxygen atoms in total. The first-order valence-corrected chi connectivity index (χ1v) is 12.1. The molecule has 8 heteroatoms. The van der Waals surface area contributed by atoms with Gasteiger partial charge in [-0.1, -0.05) is 52.3 Å². The summed E-state index contributed by atoms with van der Waals surface area (Å²) in [5.74, 6) is 0.0510. The molecule has 0 radical (unpaired) electrons. The Hall–Kier alpha value is -3.78. The lowest BCUT2D eigenvalue weighted by Gasteiger charge is -2.26. The van der Waals surface area contributed by atoms with Crippen molar-refractivity contribution < 1.29 is 28.9 Å². The molecule has 1 saturated heterocycles. The Morgan fingerprint density at radius 1 is 0.889 bits per heavy atom. The molecule has 0 aliphatic carbocycles. The molecule has 3 aromatic carbocycles. The van der Waals surface area contributed by atoms with Gasteiger partial charge in [0.2, 0.25) is 0 Å². The number of hydrogen-bond donors (Lipinski definition) is 1. The van der Waals surface area contributed by atoms with Crippen LogP contribution >= 0.6 is 15.9 Å². The molecular formula is C28H26BrNO6. The van der Waals surface area contributed by atoms with Crippen molar-refractivity contribution in [3.63, 3.8) is 0 Å². The SMILES string of the molecule is COc1ccc(CCN2C(=O)C(=O)C(=C(O)c3ccc(Br)cc3)[C@@H]2c2ccccc2OC)cc1OC. The van der Waals surface area contributed by atoms with E-state index in [1.54, 1.807) is 56.7 Å². The molecular weight excluding hydrogens is 526 g/mol. The zero-order valence-electron chi connectivity index (χ0n) is 20.2. The van der Waals surface area contributed by atoms with Crippen LogP contribution in [0, 0.1) is 0 Å². The summed E-state index contributed by atoms with van der Waals surface area (Å²) < 4.78 is 17.1. The van der Waals surface area contributed by atoms with Crippen molar-refractivity contribution in [1.29, 1.82) is 0 Å². The van der Waals surface area contributed by atoms with Crippen molar-refractivity contribution >= 4 is 33.4 Å². The first-order valence-electron chi connectivity index (χ1n) is 11.3. The highest BCUT2D eigenvalue weighted by Crippen LogP contribution is 2.42. The van der Waals surface area contributed by atoms with E-state index >= 15 is 0 Å². The highest BCUT2D eigenvalue weighted by Gasteiger charge is 2.46. The maximum atomic E-state index is 13.3. The summed E-state index contributed by atoms with van der Waals surface area (Å²) in [5.41, 5.74) is 1.99. The number of hydrogen-bond acceptors (Lipinski definition) is 6. The van der Waals surface area contributed by atoms with E-state index in [2.05, 4.69) is 15.9 Å². The maximum Gasteiger partial charge on any atom is 0.295 e. The maximum absolute atomic E-state index is 13.3. The number of para-hydroxylation sites is 1. The average Bonchev–Trinajstić information content (AvgIpc) is 3.16. The minimum absolute atomic E-state index is 0.0270. The molecule has 0 unspecified atom stereocenters. The number of likely N-dealkylation sites (tertiary alicyclic amines) is 1. The summed E-state index contributed by atoms with van der Waals surface area (Å²) in [4.78, 5) is 28.0. The molecule has 1 atom stereocenters. The second-order valence-corrected chi connectivity index (χ2v) is 9.10. The van der Waals surface area contributed by atoms with Crippen LogP contribution in [-0.4, -0.2) is 49.6 Å². The van der Waals surface area contributed by atoms with Crippen LogP contribution in [-0.2, 0) is 16.0 Å². The van der Waals surface area contributed by atoms with E-state index in [9.17, 15) is 14.7 Å². The number of nitrogens with zero attached hydrogens (tertiary/aromatic N) is 1. The van der Waals surface area contributed by atoms with E-state index in [0.717, 1.165) is 10.0 Å². The topological polar surface area (TPSA) is 85.3 Å². The second-order valence-electron chi connectivity index (χ2n) is 8.18. The van der Waals surface area contributed by atoms with Gasteiger partial charge in [0, 0.05) is 22.1 Å². The highest BCUT2D eigenvalue weighted by molar-refractivity contribution is 9.10.